The molecule has 0 aliphatic rings. The van der Waals surface area contributed by atoms with E-state index in [9.17, 15) is 0 Å². The average molecular weight is 280 g/mol. The van der Waals surface area contributed by atoms with E-state index in [0.717, 1.165) is 5.56 Å². The molecule has 2 atom stereocenters. The number of halogens is 2. The predicted octanol–water partition coefficient (Wildman–Crippen LogP) is 4.47. The highest BCUT2D eigenvalue weighted by Gasteiger charge is 2.19. The zero-order valence-electron chi connectivity index (χ0n) is 10.1. The zero-order chi connectivity index (χ0) is 13.1. The Morgan fingerprint density at radius 3 is 2.11 bits per heavy atom. The van der Waals surface area contributed by atoms with E-state index in [1.54, 1.807) is 0 Å². The topological polar surface area (TPSA) is 26.0 Å². The van der Waals surface area contributed by atoms with Gasteiger partial charge in [-0.1, -0.05) is 59.6 Å². The Kier molecular flexibility index (Phi) is 4.28. The SMILES string of the molecule is CC(N)C(c1ccccc1)c1ccc(Cl)c(Cl)c1. The first-order chi connectivity index (χ1) is 8.59. The van der Waals surface area contributed by atoms with Crippen molar-refractivity contribution in [2.24, 2.45) is 5.73 Å². The molecule has 0 spiro atoms. The number of hydrogen-bond donors (Lipinski definition) is 1. The Labute approximate surface area is 118 Å². The molecular weight excluding hydrogens is 265 g/mol. The minimum absolute atomic E-state index is 0.00430. The van der Waals surface area contributed by atoms with Gasteiger partial charge in [0.15, 0.2) is 0 Å². The molecule has 1 nitrogen and oxygen atoms in total. The van der Waals surface area contributed by atoms with Gasteiger partial charge in [-0.25, -0.2) is 0 Å². The van der Waals surface area contributed by atoms with Crippen LogP contribution < -0.4 is 5.73 Å². The number of rotatable bonds is 3. The van der Waals surface area contributed by atoms with Gasteiger partial charge in [0.1, 0.15) is 0 Å². The molecule has 3 heteroatoms. The minimum atomic E-state index is 0.00430. The molecule has 0 aliphatic heterocycles. The van der Waals surface area contributed by atoms with Crippen LogP contribution in [0.15, 0.2) is 48.5 Å². The summed E-state index contributed by atoms with van der Waals surface area (Å²) in [6.45, 7) is 2.00. The van der Waals surface area contributed by atoms with Gasteiger partial charge >= 0.3 is 0 Å². The van der Waals surface area contributed by atoms with Gasteiger partial charge < -0.3 is 5.73 Å². The van der Waals surface area contributed by atoms with Crippen molar-refractivity contribution < 1.29 is 0 Å². The molecule has 0 radical (unpaired) electrons. The fraction of sp³-hybridized carbons (Fsp3) is 0.200. The lowest BCUT2D eigenvalue weighted by molar-refractivity contribution is 0.645. The first-order valence-electron chi connectivity index (χ1n) is 5.85. The molecule has 0 bridgehead atoms. The van der Waals surface area contributed by atoms with Gasteiger partial charge in [0.05, 0.1) is 10.0 Å². The van der Waals surface area contributed by atoms with E-state index in [1.165, 1.54) is 5.56 Å². The van der Waals surface area contributed by atoms with Crippen LogP contribution >= 0.6 is 23.2 Å². The summed E-state index contributed by atoms with van der Waals surface area (Å²) in [5.41, 5.74) is 8.39. The number of benzene rings is 2. The van der Waals surface area contributed by atoms with E-state index < -0.39 is 0 Å². The van der Waals surface area contributed by atoms with Crippen LogP contribution in [-0.2, 0) is 0 Å². The maximum atomic E-state index is 6.11. The molecule has 0 aliphatic carbocycles. The second-order valence-corrected chi connectivity index (χ2v) is 5.24. The number of hydrogen-bond acceptors (Lipinski definition) is 1. The van der Waals surface area contributed by atoms with Crippen LogP contribution in [0.3, 0.4) is 0 Å². The summed E-state index contributed by atoms with van der Waals surface area (Å²) < 4.78 is 0. The highest BCUT2D eigenvalue weighted by molar-refractivity contribution is 6.42. The monoisotopic (exact) mass is 279 g/mol. The normalized spacial score (nSPS) is 14.2. The zero-order valence-corrected chi connectivity index (χ0v) is 11.6. The lowest BCUT2D eigenvalue weighted by Gasteiger charge is -2.22. The molecule has 0 saturated heterocycles. The van der Waals surface area contributed by atoms with Crippen molar-refractivity contribution in [1.82, 2.24) is 0 Å². The van der Waals surface area contributed by atoms with Crippen LogP contribution in [0.25, 0.3) is 0 Å². The Balaban J connectivity index is 2.45. The lowest BCUT2D eigenvalue weighted by Crippen LogP contribution is -2.25. The lowest BCUT2D eigenvalue weighted by atomic mass is 9.86. The van der Waals surface area contributed by atoms with E-state index in [0.29, 0.717) is 10.0 Å². The third kappa shape index (κ3) is 2.86. The molecule has 0 heterocycles. The van der Waals surface area contributed by atoms with Crippen molar-refractivity contribution in [3.8, 4) is 0 Å². The summed E-state index contributed by atoms with van der Waals surface area (Å²) in [4.78, 5) is 0. The van der Waals surface area contributed by atoms with Gasteiger partial charge in [0.25, 0.3) is 0 Å². The van der Waals surface area contributed by atoms with Gasteiger partial charge in [0, 0.05) is 12.0 Å². The van der Waals surface area contributed by atoms with E-state index >= 15 is 0 Å². The summed E-state index contributed by atoms with van der Waals surface area (Å²) in [5, 5.41) is 1.13. The highest BCUT2D eigenvalue weighted by Crippen LogP contribution is 2.31. The molecule has 0 amide bonds. The standard InChI is InChI=1S/C15H15Cl2N/c1-10(18)15(11-5-3-2-4-6-11)12-7-8-13(16)14(17)9-12/h2-10,15H,18H2,1H3. The first kappa shape index (κ1) is 13.4. The second-order valence-electron chi connectivity index (χ2n) is 4.42. The molecule has 2 aromatic carbocycles. The van der Waals surface area contributed by atoms with Crippen LogP contribution in [-0.4, -0.2) is 6.04 Å². The van der Waals surface area contributed by atoms with Crippen molar-refractivity contribution in [2.75, 3.05) is 0 Å². The maximum Gasteiger partial charge on any atom is 0.0595 e. The van der Waals surface area contributed by atoms with Crippen molar-refractivity contribution in [3.63, 3.8) is 0 Å². The molecule has 18 heavy (non-hydrogen) atoms. The van der Waals surface area contributed by atoms with Gasteiger partial charge in [-0.15, -0.1) is 0 Å². The third-order valence-corrected chi connectivity index (χ3v) is 3.73. The van der Waals surface area contributed by atoms with Crippen LogP contribution in [0.1, 0.15) is 24.0 Å². The smallest absolute Gasteiger partial charge is 0.0595 e. The van der Waals surface area contributed by atoms with Crippen molar-refractivity contribution >= 4 is 23.2 Å². The molecule has 2 N–H and O–H groups in total. The summed E-state index contributed by atoms with van der Waals surface area (Å²) in [6, 6.07) is 15.9. The third-order valence-electron chi connectivity index (χ3n) is 2.99. The summed E-state index contributed by atoms with van der Waals surface area (Å²) >= 11 is 12.0. The first-order valence-corrected chi connectivity index (χ1v) is 6.60. The fourth-order valence-corrected chi connectivity index (χ4v) is 2.47. The molecular formula is C15H15Cl2N. The molecule has 0 fully saturated rings. The van der Waals surface area contributed by atoms with E-state index in [2.05, 4.69) is 12.1 Å². The molecule has 0 saturated carbocycles. The molecule has 0 aromatic heterocycles. The Morgan fingerprint density at radius 1 is 0.889 bits per heavy atom. The fourth-order valence-electron chi connectivity index (χ4n) is 2.17. The van der Waals surface area contributed by atoms with Gasteiger partial charge in [0.2, 0.25) is 0 Å². The summed E-state index contributed by atoms with van der Waals surface area (Å²) in [5.74, 6) is 0.126. The van der Waals surface area contributed by atoms with Crippen LogP contribution in [0.4, 0.5) is 0 Å². The molecule has 2 unspecified atom stereocenters. The van der Waals surface area contributed by atoms with Gasteiger partial charge in [-0.2, -0.15) is 0 Å². The Morgan fingerprint density at radius 2 is 1.56 bits per heavy atom. The quantitative estimate of drug-likeness (QED) is 0.881. The van der Waals surface area contributed by atoms with Crippen molar-refractivity contribution in [3.05, 3.63) is 69.7 Å². The largest absolute Gasteiger partial charge is 0.327 e. The molecule has 2 rings (SSSR count). The van der Waals surface area contributed by atoms with Gasteiger partial charge in [-0.3, -0.25) is 0 Å². The Hall–Kier alpha value is -1.02. The maximum absolute atomic E-state index is 6.11. The van der Waals surface area contributed by atoms with E-state index in [4.69, 9.17) is 28.9 Å². The summed E-state index contributed by atoms with van der Waals surface area (Å²) in [7, 11) is 0. The van der Waals surface area contributed by atoms with Crippen molar-refractivity contribution in [1.29, 1.82) is 0 Å². The summed E-state index contributed by atoms with van der Waals surface area (Å²) in [6.07, 6.45) is 0. The highest BCUT2D eigenvalue weighted by atomic mass is 35.5. The van der Waals surface area contributed by atoms with Crippen LogP contribution in [0, 0.1) is 0 Å². The van der Waals surface area contributed by atoms with Crippen molar-refractivity contribution in [2.45, 2.75) is 18.9 Å². The van der Waals surface area contributed by atoms with E-state index in [-0.39, 0.29) is 12.0 Å². The van der Waals surface area contributed by atoms with Crippen LogP contribution in [0.2, 0.25) is 10.0 Å². The molecule has 2 aromatic rings. The Bertz CT molecular complexity index is 523. The predicted molar refractivity (Wildman–Crippen MR) is 78.4 cm³/mol. The second kappa shape index (κ2) is 5.75. The average Bonchev–Trinajstić information content (AvgIpc) is 2.35. The van der Waals surface area contributed by atoms with E-state index in [1.807, 2.05) is 43.3 Å². The van der Waals surface area contributed by atoms with Gasteiger partial charge in [-0.05, 0) is 30.2 Å². The van der Waals surface area contributed by atoms with Crippen LogP contribution in [0.5, 0.6) is 0 Å². The minimum Gasteiger partial charge on any atom is -0.327 e. The molecule has 94 valence electrons. The number of nitrogens with two attached hydrogens (primary N) is 1.